The Balaban J connectivity index is 1.51. The molecule has 2 aromatic heterocycles. The first-order valence-electron chi connectivity index (χ1n) is 10.9. The molecule has 0 N–H and O–H groups in total. The molecule has 162 valence electrons. The monoisotopic (exact) mass is 442 g/mol. The number of hydrogen-bond donors (Lipinski definition) is 0. The van der Waals surface area contributed by atoms with E-state index in [0.717, 1.165) is 16.7 Å². The molecule has 0 unspecified atom stereocenters. The maximum absolute atomic E-state index is 13.2. The highest BCUT2D eigenvalue weighted by Gasteiger charge is 2.14. The average molecular weight is 442 g/mol. The smallest absolute Gasteiger partial charge is 0.193 e. The van der Waals surface area contributed by atoms with Crippen LogP contribution in [0, 0.1) is 0 Å². The van der Waals surface area contributed by atoms with Gasteiger partial charge in [0, 0.05) is 23.3 Å². The number of hydrogen-bond acceptors (Lipinski definition) is 4. The van der Waals surface area contributed by atoms with Crippen molar-refractivity contribution in [1.29, 1.82) is 0 Å². The van der Waals surface area contributed by atoms with Gasteiger partial charge in [0.1, 0.15) is 22.7 Å². The minimum Gasteiger partial charge on any atom is -0.456 e. The van der Waals surface area contributed by atoms with Crippen molar-refractivity contribution in [3.63, 3.8) is 0 Å². The number of benzene rings is 4. The van der Waals surface area contributed by atoms with Gasteiger partial charge in [0.15, 0.2) is 10.9 Å². The van der Waals surface area contributed by atoms with Crippen LogP contribution in [-0.4, -0.2) is 0 Å². The SMILES string of the molecule is O=c1cc(-c2ccccc2)oc2ccc(-c3cccc4oc(-c5ccccc5)cc(=O)c34)cc12. The quantitative estimate of drug-likeness (QED) is 0.299. The summed E-state index contributed by atoms with van der Waals surface area (Å²) in [5.41, 5.74) is 3.85. The van der Waals surface area contributed by atoms with Crippen LogP contribution >= 0.6 is 0 Å². The molecule has 4 aromatic carbocycles. The fraction of sp³-hybridized carbons (Fsp3) is 0. The molecule has 2 heterocycles. The Hall–Kier alpha value is -4.70. The Morgan fingerprint density at radius 3 is 1.76 bits per heavy atom. The van der Waals surface area contributed by atoms with E-state index in [4.69, 9.17) is 8.83 Å². The summed E-state index contributed by atoms with van der Waals surface area (Å²) < 4.78 is 12.1. The lowest BCUT2D eigenvalue weighted by Gasteiger charge is -2.09. The second kappa shape index (κ2) is 8.01. The van der Waals surface area contributed by atoms with E-state index in [9.17, 15) is 9.59 Å². The third kappa shape index (κ3) is 3.42. The summed E-state index contributed by atoms with van der Waals surface area (Å²) in [4.78, 5) is 26.1. The van der Waals surface area contributed by atoms with Crippen LogP contribution < -0.4 is 10.9 Å². The van der Waals surface area contributed by atoms with E-state index in [-0.39, 0.29) is 10.9 Å². The lowest BCUT2D eigenvalue weighted by molar-refractivity contribution is 0.619. The Morgan fingerprint density at radius 2 is 1.09 bits per heavy atom. The largest absolute Gasteiger partial charge is 0.456 e. The molecule has 0 bridgehead atoms. The molecule has 0 radical (unpaired) electrons. The minimum atomic E-state index is -0.138. The summed E-state index contributed by atoms with van der Waals surface area (Å²) >= 11 is 0. The number of rotatable bonds is 3. The molecule has 4 nitrogen and oxygen atoms in total. The van der Waals surface area contributed by atoms with Crippen molar-refractivity contribution in [1.82, 2.24) is 0 Å². The summed E-state index contributed by atoms with van der Waals surface area (Å²) in [5, 5.41) is 0.936. The highest BCUT2D eigenvalue weighted by atomic mass is 16.3. The van der Waals surface area contributed by atoms with Crippen molar-refractivity contribution in [2.45, 2.75) is 0 Å². The molecule has 0 spiro atoms. The normalized spacial score (nSPS) is 11.2. The minimum absolute atomic E-state index is 0.137. The summed E-state index contributed by atoms with van der Waals surface area (Å²) in [6.45, 7) is 0. The van der Waals surface area contributed by atoms with Crippen molar-refractivity contribution in [3.8, 4) is 33.8 Å². The molecule has 4 heteroatoms. The van der Waals surface area contributed by atoms with E-state index in [1.54, 1.807) is 18.2 Å². The van der Waals surface area contributed by atoms with Crippen LogP contribution in [0.1, 0.15) is 0 Å². The second-order valence-corrected chi connectivity index (χ2v) is 8.07. The van der Waals surface area contributed by atoms with Crippen molar-refractivity contribution in [2.24, 2.45) is 0 Å². The van der Waals surface area contributed by atoms with Gasteiger partial charge in [-0.2, -0.15) is 0 Å². The maximum atomic E-state index is 13.2. The Morgan fingerprint density at radius 1 is 0.471 bits per heavy atom. The van der Waals surface area contributed by atoms with Crippen LogP contribution in [-0.2, 0) is 0 Å². The average Bonchev–Trinajstić information content (AvgIpc) is 2.89. The molecule has 0 atom stereocenters. The van der Waals surface area contributed by atoms with Gasteiger partial charge in [0.05, 0.1) is 10.8 Å². The summed E-state index contributed by atoms with van der Waals surface area (Å²) in [6, 6.07) is 33.0. The molecule has 6 rings (SSSR count). The molecule has 0 saturated carbocycles. The highest BCUT2D eigenvalue weighted by molar-refractivity contribution is 5.96. The van der Waals surface area contributed by atoms with Crippen molar-refractivity contribution < 1.29 is 8.83 Å². The lowest BCUT2D eigenvalue weighted by Crippen LogP contribution is -2.03. The van der Waals surface area contributed by atoms with Gasteiger partial charge in [-0.15, -0.1) is 0 Å². The fourth-order valence-electron chi connectivity index (χ4n) is 4.26. The van der Waals surface area contributed by atoms with E-state index in [1.807, 2.05) is 78.9 Å². The summed E-state index contributed by atoms with van der Waals surface area (Å²) in [7, 11) is 0. The van der Waals surface area contributed by atoms with Crippen LogP contribution in [0.25, 0.3) is 55.7 Å². The van der Waals surface area contributed by atoms with Crippen molar-refractivity contribution >= 4 is 21.9 Å². The van der Waals surface area contributed by atoms with Crippen LogP contribution in [0.15, 0.2) is 128 Å². The zero-order valence-corrected chi connectivity index (χ0v) is 18.0. The standard InChI is InChI=1S/C30H18O4/c31-24-17-28(19-8-3-1-4-9-19)33-26-15-14-21(16-23(24)26)22-12-7-13-27-30(22)25(32)18-29(34-27)20-10-5-2-6-11-20/h1-18H. The van der Waals surface area contributed by atoms with E-state index in [1.165, 1.54) is 12.1 Å². The van der Waals surface area contributed by atoms with Crippen molar-refractivity contribution in [3.05, 3.63) is 130 Å². The molecule has 6 aromatic rings. The Bertz CT molecular complexity index is 1780. The van der Waals surface area contributed by atoms with Gasteiger partial charge in [0.2, 0.25) is 0 Å². The fourth-order valence-corrected chi connectivity index (χ4v) is 4.26. The topological polar surface area (TPSA) is 60.4 Å². The maximum Gasteiger partial charge on any atom is 0.193 e. The molecule has 0 fully saturated rings. The summed E-state index contributed by atoms with van der Waals surface area (Å²) in [5.74, 6) is 1.04. The first-order chi connectivity index (χ1) is 16.7. The first kappa shape index (κ1) is 19.9. The van der Waals surface area contributed by atoms with E-state index in [2.05, 4.69) is 0 Å². The van der Waals surface area contributed by atoms with Gasteiger partial charge in [-0.3, -0.25) is 9.59 Å². The second-order valence-electron chi connectivity index (χ2n) is 8.07. The molecule has 0 aliphatic carbocycles. The van der Waals surface area contributed by atoms with Crippen LogP contribution in [0.3, 0.4) is 0 Å². The van der Waals surface area contributed by atoms with Crippen LogP contribution in [0.2, 0.25) is 0 Å². The van der Waals surface area contributed by atoms with Gasteiger partial charge >= 0.3 is 0 Å². The highest BCUT2D eigenvalue weighted by Crippen LogP contribution is 2.31. The van der Waals surface area contributed by atoms with Crippen molar-refractivity contribution in [2.75, 3.05) is 0 Å². The Kier molecular flexibility index (Phi) is 4.70. The molecule has 0 amide bonds. The zero-order valence-electron chi connectivity index (χ0n) is 18.0. The van der Waals surface area contributed by atoms with Crippen LogP contribution in [0.5, 0.6) is 0 Å². The first-order valence-corrected chi connectivity index (χ1v) is 10.9. The van der Waals surface area contributed by atoms with Gasteiger partial charge < -0.3 is 8.83 Å². The van der Waals surface area contributed by atoms with Gasteiger partial charge in [0.25, 0.3) is 0 Å². The predicted octanol–water partition coefficient (Wildman–Crippen LogP) is 6.90. The lowest BCUT2D eigenvalue weighted by atomic mass is 9.98. The third-order valence-electron chi connectivity index (χ3n) is 5.91. The van der Waals surface area contributed by atoms with E-state index >= 15 is 0 Å². The molecule has 0 saturated heterocycles. The van der Waals surface area contributed by atoms with Crippen LogP contribution in [0.4, 0.5) is 0 Å². The van der Waals surface area contributed by atoms with E-state index < -0.39 is 0 Å². The zero-order chi connectivity index (χ0) is 23.1. The molecule has 34 heavy (non-hydrogen) atoms. The molecule has 0 aliphatic heterocycles. The number of fused-ring (bicyclic) bond motifs is 2. The van der Waals surface area contributed by atoms with E-state index in [0.29, 0.717) is 39.0 Å². The molecular weight excluding hydrogens is 424 g/mol. The predicted molar refractivity (Wildman–Crippen MR) is 135 cm³/mol. The Labute approximate surface area is 194 Å². The third-order valence-corrected chi connectivity index (χ3v) is 5.91. The molecule has 0 aliphatic rings. The van der Waals surface area contributed by atoms with Gasteiger partial charge in [-0.25, -0.2) is 0 Å². The van der Waals surface area contributed by atoms with Gasteiger partial charge in [-0.1, -0.05) is 78.9 Å². The van der Waals surface area contributed by atoms with Gasteiger partial charge in [-0.05, 0) is 29.3 Å². The summed E-state index contributed by atoms with van der Waals surface area (Å²) in [6.07, 6.45) is 0. The molecular formula is C30H18O4.